The SMILES string of the molecule is C[C@@H](NCC1CCN(Cc2ccccc2O)CC1c1ccccc1)c1cccc2ccccc12. The number of aromatic hydroxyl groups is 1. The Balaban J connectivity index is 1.31. The van der Waals surface area contributed by atoms with Gasteiger partial charge in [-0.1, -0.05) is 91.0 Å². The molecule has 174 valence electrons. The third kappa shape index (κ3) is 5.01. The van der Waals surface area contributed by atoms with Crippen molar-refractivity contribution in [1.29, 1.82) is 0 Å². The number of nitrogens with zero attached hydrogens (tertiary/aromatic N) is 1. The Bertz CT molecular complexity index is 1220. The molecule has 34 heavy (non-hydrogen) atoms. The normalized spacial score (nSPS) is 19.8. The number of fused-ring (bicyclic) bond motifs is 1. The second kappa shape index (κ2) is 10.4. The first-order valence-electron chi connectivity index (χ1n) is 12.4. The number of hydrogen-bond donors (Lipinski definition) is 2. The van der Waals surface area contributed by atoms with Crippen LogP contribution in [0.2, 0.25) is 0 Å². The third-order valence-electron chi connectivity index (χ3n) is 7.43. The minimum Gasteiger partial charge on any atom is -0.508 e. The molecule has 0 aliphatic carbocycles. The topological polar surface area (TPSA) is 35.5 Å². The largest absolute Gasteiger partial charge is 0.508 e. The first-order chi connectivity index (χ1) is 16.7. The van der Waals surface area contributed by atoms with Crippen LogP contribution in [0, 0.1) is 5.92 Å². The van der Waals surface area contributed by atoms with Crippen LogP contribution in [-0.4, -0.2) is 29.6 Å². The van der Waals surface area contributed by atoms with Crippen LogP contribution < -0.4 is 5.32 Å². The zero-order valence-electron chi connectivity index (χ0n) is 19.9. The summed E-state index contributed by atoms with van der Waals surface area (Å²) in [5.41, 5.74) is 3.79. The molecule has 0 aromatic heterocycles. The van der Waals surface area contributed by atoms with Gasteiger partial charge in [0.05, 0.1) is 0 Å². The van der Waals surface area contributed by atoms with Crippen LogP contribution in [0.4, 0.5) is 0 Å². The number of phenolic OH excluding ortho intramolecular Hbond substituents is 1. The molecule has 1 saturated heterocycles. The Labute approximate surface area is 203 Å². The van der Waals surface area contributed by atoms with Gasteiger partial charge in [-0.05, 0) is 60.3 Å². The smallest absolute Gasteiger partial charge is 0.120 e. The Kier molecular flexibility index (Phi) is 6.94. The fourth-order valence-electron chi connectivity index (χ4n) is 5.49. The molecule has 0 radical (unpaired) electrons. The van der Waals surface area contributed by atoms with Gasteiger partial charge >= 0.3 is 0 Å². The van der Waals surface area contributed by atoms with Gasteiger partial charge in [-0.2, -0.15) is 0 Å². The van der Waals surface area contributed by atoms with Gasteiger partial charge in [-0.3, -0.25) is 4.90 Å². The van der Waals surface area contributed by atoms with E-state index >= 15 is 0 Å². The second-order valence-electron chi connectivity index (χ2n) is 9.63. The minimum atomic E-state index is 0.293. The second-order valence-corrected chi connectivity index (χ2v) is 9.63. The summed E-state index contributed by atoms with van der Waals surface area (Å²) in [4.78, 5) is 2.50. The number of phenols is 1. The van der Waals surface area contributed by atoms with Crippen molar-refractivity contribution in [2.24, 2.45) is 5.92 Å². The molecule has 1 aliphatic rings. The van der Waals surface area contributed by atoms with E-state index in [0.29, 0.717) is 23.6 Å². The molecule has 0 bridgehead atoms. The molecule has 1 heterocycles. The van der Waals surface area contributed by atoms with Gasteiger partial charge in [0.2, 0.25) is 0 Å². The molecule has 1 fully saturated rings. The molecule has 2 unspecified atom stereocenters. The maximum Gasteiger partial charge on any atom is 0.120 e. The van der Waals surface area contributed by atoms with Crippen LogP contribution in [0.1, 0.15) is 42.0 Å². The van der Waals surface area contributed by atoms with Crippen molar-refractivity contribution in [2.45, 2.75) is 31.8 Å². The molecule has 5 rings (SSSR count). The van der Waals surface area contributed by atoms with Crippen LogP contribution in [0.5, 0.6) is 5.75 Å². The molecular weight excluding hydrogens is 416 g/mol. The lowest BCUT2D eigenvalue weighted by Gasteiger charge is -2.39. The van der Waals surface area contributed by atoms with Gasteiger partial charge in [0.25, 0.3) is 0 Å². The quantitative estimate of drug-likeness (QED) is 0.337. The first-order valence-corrected chi connectivity index (χ1v) is 12.4. The Morgan fingerprint density at radius 1 is 0.882 bits per heavy atom. The van der Waals surface area contributed by atoms with E-state index in [9.17, 15) is 5.11 Å². The van der Waals surface area contributed by atoms with Gasteiger partial charge < -0.3 is 10.4 Å². The van der Waals surface area contributed by atoms with Crippen LogP contribution >= 0.6 is 0 Å². The molecule has 3 nitrogen and oxygen atoms in total. The highest BCUT2D eigenvalue weighted by molar-refractivity contribution is 5.86. The third-order valence-corrected chi connectivity index (χ3v) is 7.43. The molecule has 2 N–H and O–H groups in total. The highest BCUT2D eigenvalue weighted by Gasteiger charge is 2.31. The van der Waals surface area contributed by atoms with E-state index in [1.807, 2.05) is 18.2 Å². The van der Waals surface area contributed by atoms with Crippen LogP contribution in [-0.2, 0) is 6.54 Å². The van der Waals surface area contributed by atoms with Crippen LogP contribution in [0.15, 0.2) is 97.1 Å². The maximum absolute atomic E-state index is 10.3. The van der Waals surface area contributed by atoms with E-state index in [2.05, 4.69) is 89.9 Å². The molecule has 4 aromatic carbocycles. The number of piperidine rings is 1. The lowest BCUT2D eigenvalue weighted by Crippen LogP contribution is -2.42. The number of hydrogen-bond acceptors (Lipinski definition) is 3. The van der Waals surface area contributed by atoms with Crippen molar-refractivity contribution >= 4 is 10.8 Å². The van der Waals surface area contributed by atoms with Gasteiger partial charge in [-0.25, -0.2) is 0 Å². The van der Waals surface area contributed by atoms with E-state index in [1.165, 1.54) is 21.9 Å². The van der Waals surface area contributed by atoms with Crippen LogP contribution in [0.25, 0.3) is 10.8 Å². The van der Waals surface area contributed by atoms with Crippen LogP contribution in [0.3, 0.4) is 0 Å². The Morgan fingerprint density at radius 3 is 2.47 bits per heavy atom. The molecule has 1 aliphatic heterocycles. The summed E-state index contributed by atoms with van der Waals surface area (Å²) in [6, 6.07) is 34.2. The number of nitrogens with one attached hydrogen (secondary N) is 1. The average Bonchev–Trinajstić information content (AvgIpc) is 2.89. The fourth-order valence-corrected chi connectivity index (χ4v) is 5.49. The number of rotatable bonds is 7. The highest BCUT2D eigenvalue weighted by Crippen LogP contribution is 2.34. The maximum atomic E-state index is 10.3. The molecule has 3 heteroatoms. The van der Waals surface area contributed by atoms with Crippen molar-refractivity contribution in [3.63, 3.8) is 0 Å². The fraction of sp³-hybridized carbons (Fsp3) is 0.290. The highest BCUT2D eigenvalue weighted by atomic mass is 16.3. The van der Waals surface area contributed by atoms with Gasteiger partial charge in [0.1, 0.15) is 5.75 Å². The monoisotopic (exact) mass is 450 g/mol. The predicted molar refractivity (Wildman–Crippen MR) is 141 cm³/mol. The number of para-hydroxylation sites is 1. The van der Waals surface area contributed by atoms with E-state index < -0.39 is 0 Å². The van der Waals surface area contributed by atoms with E-state index in [1.54, 1.807) is 6.07 Å². The van der Waals surface area contributed by atoms with E-state index in [-0.39, 0.29) is 0 Å². The molecule has 4 aromatic rings. The summed E-state index contributed by atoms with van der Waals surface area (Å²) in [7, 11) is 0. The van der Waals surface area contributed by atoms with Crippen molar-refractivity contribution in [3.8, 4) is 5.75 Å². The Hall–Kier alpha value is -3.14. The predicted octanol–water partition coefficient (Wildman–Crippen LogP) is 6.50. The zero-order chi connectivity index (χ0) is 23.3. The molecule has 0 spiro atoms. The number of benzene rings is 4. The summed E-state index contributed by atoms with van der Waals surface area (Å²) in [6.07, 6.45) is 1.14. The Morgan fingerprint density at radius 2 is 1.62 bits per heavy atom. The van der Waals surface area contributed by atoms with Gasteiger partial charge in [-0.15, -0.1) is 0 Å². The number of likely N-dealkylation sites (tertiary alicyclic amines) is 1. The standard InChI is InChI=1S/C31H34N2O/c1-23(28-16-9-14-24-12-5-7-15-29(24)28)32-20-26-18-19-33(21-27-13-6-8-17-31(27)34)22-30(26)25-10-3-2-4-11-25/h2-17,23,26,30,32,34H,18-22H2,1H3/t23-,26?,30?/m1/s1. The van der Waals surface area contributed by atoms with Crippen molar-refractivity contribution in [2.75, 3.05) is 19.6 Å². The molecular formula is C31H34N2O. The summed E-state index contributed by atoms with van der Waals surface area (Å²) in [5, 5.41) is 16.8. The summed E-state index contributed by atoms with van der Waals surface area (Å²) in [5.74, 6) is 1.43. The lowest BCUT2D eigenvalue weighted by molar-refractivity contribution is 0.147. The minimum absolute atomic E-state index is 0.293. The van der Waals surface area contributed by atoms with Gasteiger partial charge in [0.15, 0.2) is 0 Å². The van der Waals surface area contributed by atoms with Crippen molar-refractivity contribution < 1.29 is 5.11 Å². The summed E-state index contributed by atoms with van der Waals surface area (Å²) < 4.78 is 0. The van der Waals surface area contributed by atoms with Crippen molar-refractivity contribution in [3.05, 3.63) is 114 Å². The van der Waals surface area contributed by atoms with Gasteiger partial charge in [0, 0.05) is 30.6 Å². The molecule has 0 saturated carbocycles. The van der Waals surface area contributed by atoms with E-state index in [0.717, 1.165) is 38.2 Å². The first kappa shape index (κ1) is 22.6. The summed E-state index contributed by atoms with van der Waals surface area (Å²) in [6.45, 7) is 6.13. The molecule has 0 amide bonds. The average molecular weight is 451 g/mol. The molecule has 3 atom stereocenters. The lowest BCUT2D eigenvalue weighted by atomic mass is 9.80. The summed E-state index contributed by atoms with van der Waals surface area (Å²) >= 11 is 0. The van der Waals surface area contributed by atoms with E-state index in [4.69, 9.17) is 0 Å². The van der Waals surface area contributed by atoms with Crippen molar-refractivity contribution in [1.82, 2.24) is 10.2 Å². The zero-order valence-corrected chi connectivity index (χ0v) is 19.9.